The van der Waals surface area contributed by atoms with Crippen molar-refractivity contribution >= 4 is 29.1 Å². The number of nitro benzene ring substituents is 1. The van der Waals surface area contributed by atoms with Gasteiger partial charge in [-0.15, -0.1) is 10.2 Å². The van der Waals surface area contributed by atoms with Gasteiger partial charge in [0.1, 0.15) is 0 Å². The molecule has 0 aliphatic heterocycles. The number of ether oxygens (including phenoxy) is 2. The first kappa shape index (κ1) is 26.4. The molecular formula is C26H24N6O5S. The molecule has 0 bridgehead atoms. The summed E-state index contributed by atoms with van der Waals surface area (Å²) in [5.41, 5.74) is 5.00. The average molecular weight is 533 g/mol. The van der Waals surface area contributed by atoms with Crippen molar-refractivity contribution in [1.82, 2.24) is 20.2 Å². The smallest absolute Gasteiger partial charge is 0.270 e. The van der Waals surface area contributed by atoms with E-state index in [2.05, 4.69) is 20.7 Å². The zero-order valence-corrected chi connectivity index (χ0v) is 21.6. The fraction of sp³-hybridized carbons (Fsp3) is 0.154. The third-order valence-electron chi connectivity index (χ3n) is 5.44. The number of hydrogen-bond donors (Lipinski definition) is 1. The summed E-state index contributed by atoms with van der Waals surface area (Å²) in [6.45, 7) is 1.66. The van der Waals surface area contributed by atoms with E-state index in [0.717, 1.165) is 11.3 Å². The fourth-order valence-electron chi connectivity index (χ4n) is 3.55. The van der Waals surface area contributed by atoms with Gasteiger partial charge in [-0.3, -0.25) is 19.5 Å². The number of hydrogen-bond acceptors (Lipinski definition) is 9. The number of methoxy groups -OCH3 is 2. The van der Waals surface area contributed by atoms with Gasteiger partial charge in [-0.2, -0.15) is 5.10 Å². The number of aromatic nitrogens is 3. The van der Waals surface area contributed by atoms with E-state index in [1.807, 2.05) is 47.0 Å². The van der Waals surface area contributed by atoms with Crippen LogP contribution >= 0.6 is 11.8 Å². The second-order valence-corrected chi connectivity index (χ2v) is 8.82. The van der Waals surface area contributed by atoms with E-state index in [1.165, 1.54) is 23.9 Å². The lowest BCUT2D eigenvalue weighted by atomic mass is 10.1. The van der Waals surface area contributed by atoms with Crippen LogP contribution in [0.3, 0.4) is 0 Å². The van der Waals surface area contributed by atoms with Crippen LogP contribution in [0.2, 0.25) is 0 Å². The van der Waals surface area contributed by atoms with Crippen molar-refractivity contribution in [3.05, 3.63) is 88.5 Å². The summed E-state index contributed by atoms with van der Waals surface area (Å²) < 4.78 is 12.6. The van der Waals surface area contributed by atoms with E-state index in [9.17, 15) is 14.9 Å². The predicted molar refractivity (Wildman–Crippen MR) is 144 cm³/mol. The molecule has 1 N–H and O–H groups in total. The standard InChI is InChI=1S/C26H24N6O5S/c1-17(18-8-7-11-21(14-18)32(34)35)27-28-24(33)16-38-26-30-29-25(31(26)20-9-5-4-6-10-20)19-12-13-22(36-2)23(15-19)37-3/h4-15H,16H2,1-3H3,(H,28,33). The number of carbonyl (C=O) groups excluding carboxylic acids is 1. The van der Waals surface area contributed by atoms with E-state index in [4.69, 9.17) is 9.47 Å². The van der Waals surface area contributed by atoms with Gasteiger partial charge < -0.3 is 9.47 Å². The highest BCUT2D eigenvalue weighted by Gasteiger charge is 2.19. The van der Waals surface area contributed by atoms with Crippen LogP contribution in [0.5, 0.6) is 11.5 Å². The Hall–Kier alpha value is -4.71. The molecule has 0 saturated carbocycles. The third kappa shape index (κ3) is 5.98. The number of thioether (sulfide) groups is 1. The van der Waals surface area contributed by atoms with Crippen LogP contribution < -0.4 is 14.9 Å². The van der Waals surface area contributed by atoms with Crippen LogP contribution in [0.15, 0.2) is 83.1 Å². The Morgan fingerprint density at radius 1 is 1.03 bits per heavy atom. The Kier molecular flexibility index (Phi) is 8.34. The maximum Gasteiger partial charge on any atom is 0.270 e. The summed E-state index contributed by atoms with van der Waals surface area (Å²) in [4.78, 5) is 23.1. The van der Waals surface area contributed by atoms with Crippen LogP contribution in [0.4, 0.5) is 5.69 Å². The van der Waals surface area contributed by atoms with Crippen LogP contribution in [-0.4, -0.2) is 51.3 Å². The Bertz CT molecular complexity index is 1490. The lowest BCUT2D eigenvalue weighted by Crippen LogP contribution is -2.21. The minimum Gasteiger partial charge on any atom is -0.493 e. The zero-order valence-electron chi connectivity index (χ0n) is 20.8. The van der Waals surface area contributed by atoms with E-state index < -0.39 is 4.92 Å². The highest BCUT2D eigenvalue weighted by molar-refractivity contribution is 7.99. The summed E-state index contributed by atoms with van der Waals surface area (Å²) in [6, 6.07) is 21.1. The topological polar surface area (TPSA) is 134 Å². The largest absolute Gasteiger partial charge is 0.493 e. The van der Waals surface area contributed by atoms with Gasteiger partial charge >= 0.3 is 0 Å². The summed E-state index contributed by atoms with van der Waals surface area (Å²) in [5, 5.41) is 24.3. The number of rotatable bonds is 10. The van der Waals surface area contributed by atoms with Gasteiger partial charge in [-0.05, 0) is 37.3 Å². The highest BCUT2D eigenvalue weighted by Crippen LogP contribution is 2.34. The molecule has 0 saturated heterocycles. The third-order valence-corrected chi connectivity index (χ3v) is 6.37. The Morgan fingerprint density at radius 3 is 2.50 bits per heavy atom. The molecule has 0 unspecified atom stereocenters. The summed E-state index contributed by atoms with van der Waals surface area (Å²) in [5.74, 6) is 1.37. The molecule has 1 amide bonds. The number of benzene rings is 3. The van der Waals surface area contributed by atoms with Crippen molar-refractivity contribution in [3.8, 4) is 28.6 Å². The molecule has 11 nitrogen and oxygen atoms in total. The number of hydrazone groups is 1. The number of nitrogens with zero attached hydrogens (tertiary/aromatic N) is 5. The number of carbonyl (C=O) groups is 1. The second kappa shape index (κ2) is 12.0. The zero-order chi connectivity index (χ0) is 27.1. The number of para-hydroxylation sites is 1. The lowest BCUT2D eigenvalue weighted by Gasteiger charge is -2.12. The Balaban J connectivity index is 1.54. The molecule has 0 radical (unpaired) electrons. The van der Waals surface area contributed by atoms with Gasteiger partial charge in [0.15, 0.2) is 22.5 Å². The van der Waals surface area contributed by atoms with E-state index >= 15 is 0 Å². The predicted octanol–water partition coefficient (Wildman–Crippen LogP) is 4.49. The van der Waals surface area contributed by atoms with Crippen molar-refractivity contribution in [2.24, 2.45) is 5.10 Å². The normalized spacial score (nSPS) is 11.2. The first-order chi connectivity index (χ1) is 18.4. The van der Waals surface area contributed by atoms with Crippen molar-refractivity contribution in [1.29, 1.82) is 0 Å². The van der Waals surface area contributed by atoms with Gasteiger partial charge in [-0.1, -0.05) is 42.1 Å². The second-order valence-electron chi connectivity index (χ2n) is 7.88. The van der Waals surface area contributed by atoms with Crippen molar-refractivity contribution in [3.63, 3.8) is 0 Å². The number of non-ortho nitro benzene ring substituents is 1. The maximum atomic E-state index is 12.6. The minimum absolute atomic E-state index is 0.0165. The molecule has 12 heteroatoms. The van der Waals surface area contributed by atoms with Crippen molar-refractivity contribution < 1.29 is 19.2 Å². The number of nitrogens with one attached hydrogen (secondary N) is 1. The highest BCUT2D eigenvalue weighted by atomic mass is 32.2. The van der Waals surface area contributed by atoms with Crippen LogP contribution in [0.1, 0.15) is 12.5 Å². The minimum atomic E-state index is -0.481. The molecule has 4 aromatic rings. The van der Waals surface area contributed by atoms with E-state index in [1.54, 1.807) is 39.3 Å². The van der Waals surface area contributed by atoms with Gasteiger partial charge in [0.05, 0.1) is 30.6 Å². The summed E-state index contributed by atoms with van der Waals surface area (Å²) >= 11 is 1.20. The molecule has 1 heterocycles. The van der Waals surface area contributed by atoms with Crippen LogP contribution in [-0.2, 0) is 4.79 Å². The molecular weight excluding hydrogens is 508 g/mol. The number of amides is 1. The molecule has 4 rings (SSSR count). The van der Waals surface area contributed by atoms with Crippen molar-refractivity contribution in [2.45, 2.75) is 12.1 Å². The van der Waals surface area contributed by atoms with E-state index in [0.29, 0.717) is 33.8 Å². The molecule has 0 aliphatic rings. The maximum absolute atomic E-state index is 12.6. The fourth-order valence-corrected chi connectivity index (χ4v) is 4.30. The van der Waals surface area contributed by atoms with Gasteiger partial charge in [0.25, 0.3) is 11.6 Å². The number of nitro groups is 1. The quantitative estimate of drug-likeness (QED) is 0.137. The Morgan fingerprint density at radius 2 is 1.79 bits per heavy atom. The first-order valence-corrected chi connectivity index (χ1v) is 12.3. The Labute approximate surface area is 222 Å². The van der Waals surface area contributed by atoms with Gasteiger partial charge in [0.2, 0.25) is 0 Å². The van der Waals surface area contributed by atoms with Gasteiger partial charge in [-0.25, -0.2) is 5.43 Å². The monoisotopic (exact) mass is 532 g/mol. The van der Waals surface area contributed by atoms with Crippen LogP contribution in [0, 0.1) is 10.1 Å². The molecule has 0 atom stereocenters. The van der Waals surface area contributed by atoms with Gasteiger partial charge in [0, 0.05) is 28.9 Å². The van der Waals surface area contributed by atoms with Crippen LogP contribution in [0.25, 0.3) is 17.1 Å². The molecule has 0 spiro atoms. The summed E-state index contributed by atoms with van der Waals surface area (Å²) in [6.07, 6.45) is 0. The average Bonchev–Trinajstić information content (AvgIpc) is 3.38. The molecule has 1 aromatic heterocycles. The van der Waals surface area contributed by atoms with Crippen molar-refractivity contribution in [2.75, 3.05) is 20.0 Å². The summed E-state index contributed by atoms with van der Waals surface area (Å²) in [7, 11) is 3.13. The van der Waals surface area contributed by atoms with E-state index in [-0.39, 0.29) is 17.3 Å². The molecule has 3 aromatic carbocycles. The SMILES string of the molecule is COc1ccc(-c2nnc(SCC(=O)NN=C(C)c3cccc([N+](=O)[O-])c3)n2-c2ccccc2)cc1OC. The molecule has 0 aliphatic carbocycles. The first-order valence-electron chi connectivity index (χ1n) is 11.3. The molecule has 0 fully saturated rings. The molecule has 194 valence electrons. The molecule has 38 heavy (non-hydrogen) atoms. The lowest BCUT2D eigenvalue weighted by molar-refractivity contribution is -0.384.